The molecule has 1 atom stereocenters. The molecule has 0 fully saturated rings. The Hall–Kier alpha value is -4.24. The van der Waals surface area contributed by atoms with Crippen molar-refractivity contribution in [2.75, 3.05) is 0 Å². The van der Waals surface area contributed by atoms with Crippen molar-refractivity contribution in [3.63, 3.8) is 0 Å². The van der Waals surface area contributed by atoms with Gasteiger partial charge in [0.25, 0.3) is 5.09 Å². The number of rotatable bonds is 7. The molecule has 3 aromatic carbocycles. The lowest BCUT2D eigenvalue weighted by molar-refractivity contribution is -0.710. The highest BCUT2D eigenvalue weighted by Crippen LogP contribution is 2.30. The van der Waals surface area contributed by atoms with Crippen LogP contribution in [-0.2, 0) is 6.54 Å². The third-order valence-electron chi connectivity index (χ3n) is 5.60. The van der Waals surface area contributed by atoms with E-state index in [-0.39, 0.29) is 11.8 Å². The maximum absolute atomic E-state index is 11.2. The number of imidazole rings is 1. The Labute approximate surface area is 199 Å². The standard InChI is InChI=1S/C24H19ClN6O3/c1-16(18-5-3-2-4-6-18)30-21-13-17(14-22(34-31(32)33)23(21)27-28-30)15-29-12-11-26-24(29)19-7-9-20(25)10-8-19/h2-14,16H,15H2,1H3. The van der Waals surface area contributed by atoms with Gasteiger partial charge in [0.05, 0.1) is 11.6 Å². The zero-order valence-corrected chi connectivity index (χ0v) is 18.8. The first kappa shape index (κ1) is 21.6. The summed E-state index contributed by atoms with van der Waals surface area (Å²) in [5.74, 6) is 0.787. The van der Waals surface area contributed by atoms with Gasteiger partial charge in [0.1, 0.15) is 11.3 Å². The lowest BCUT2D eigenvalue weighted by Crippen LogP contribution is -2.09. The molecule has 34 heavy (non-hydrogen) atoms. The van der Waals surface area contributed by atoms with Gasteiger partial charge in [-0.25, -0.2) is 9.67 Å². The molecule has 0 spiro atoms. The van der Waals surface area contributed by atoms with Crippen molar-refractivity contribution in [3.05, 3.63) is 105 Å². The van der Waals surface area contributed by atoms with E-state index in [1.807, 2.05) is 66.2 Å². The maximum atomic E-state index is 11.2. The van der Waals surface area contributed by atoms with E-state index in [1.54, 1.807) is 29.1 Å². The fourth-order valence-corrected chi connectivity index (χ4v) is 4.08. The zero-order chi connectivity index (χ0) is 23.7. The molecule has 0 aliphatic carbocycles. The van der Waals surface area contributed by atoms with Crippen LogP contribution in [0.4, 0.5) is 0 Å². The number of benzene rings is 3. The molecule has 0 amide bonds. The molecule has 0 N–H and O–H groups in total. The monoisotopic (exact) mass is 474 g/mol. The quantitative estimate of drug-likeness (QED) is 0.238. The van der Waals surface area contributed by atoms with Gasteiger partial charge in [0, 0.05) is 29.5 Å². The SMILES string of the molecule is CC(c1ccccc1)n1nnc2c(O[N+](=O)[O-])cc(Cn3ccnc3-c3ccc(Cl)cc3)cc21. The van der Waals surface area contributed by atoms with Crippen LogP contribution in [0.3, 0.4) is 0 Å². The molecule has 2 heterocycles. The van der Waals surface area contributed by atoms with Gasteiger partial charge < -0.3 is 4.57 Å². The second-order valence-corrected chi connectivity index (χ2v) is 8.22. The van der Waals surface area contributed by atoms with Gasteiger partial charge >= 0.3 is 0 Å². The molecule has 5 rings (SSSR count). The van der Waals surface area contributed by atoms with Crippen molar-refractivity contribution in [2.24, 2.45) is 0 Å². The van der Waals surface area contributed by atoms with Gasteiger partial charge in [-0.1, -0.05) is 47.1 Å². The number of nitrogens with zero attached hydrogens (tertiary/aromatic N) is 6. The Kier molecular flexibility index (Phi) is 5.69. The highest BCUT2D eigenvalue weighted by Gasteiger charge is 2.19. The minimum absolute atomic E-state index is 0.0390. The minimum atomic E-state index is -0.839. The second kappa shape index (κ2) is 8.95. The molecule has 5 aromatic rings. The third kappa shape index (κ3) is 4.20. The highest BCUT2D eigenvalue weighted by atomic mass is 35.5. The highest BCUT2D eigenvalue weighted by molar-refractivity contribution is 6.30. The van der Waals surface area contributed by atoms with Crippen molar-refractivity contribution in [1.82, 2.24) is 24.5 Å². The Balaban J connectivity index is 1.57. The average molecular weight is 475 g/mol. The predicted molar refractivity (Wildman–Crippen MR) is 127 cm³/mol. The summed E-state index contributed by atoms with van der Waals surface area (Å²) in [6.07, 6.45) is 3.56. The van der Waals surface area contributed by atoms with Crippen molar-refractivity contribution >= 4 is 22.6 Å². The summed E-state index contributed by atoms with van der Waals surface area (Å²) in [6.45, 7) is 2.41. The van der Waals surface area contributed by atoms with E-state index in [0.29, 0.717) is 22.6 Å². The molecule has 2 aromatic heterocycles. The lowest BCUT2D eigenvalue weighted by Gasteiger charge is -2.14. The third-order valence-corrected chi connectivity index (χ3v) is 5.85. The van der Waals surface area contributed by atoms with E-state index in [4.69, 9.17) is 16.4 Å². The van der Waals surface area contributed by atoms with Crippen LogP contribution in [0.15, 0.2) is 79.1 Å². The van der Waals surface area contributed by atoms with Crippen LogP contribution in [0.25, 0.3) is 22.4 Å². The lowest BCUT2D eigenvalue weighted by atomic mass is 10.1. The summed E-state index contributed by atoms with van der Waals surface area (Å²) < 4.78 is 3.70. The van der Waals surface area contributed by atoms with E-state index in [9.17, 15) is 10.1 Å². The zero-order valence-electron chi connectivity index (χ0n) is 18.1. The van der Waals surface area contributed by atoms with Crippen LogP contribution >= 0.6 is 11.6 Å². The van der Waals surface area contributed by atoms with Crippen LogP contribution in [-0.4, -0.2) is 29.6 Å². The normalized spacial score (nSPS) is 12.1. The number of hydrogen-bond acceptors (Lipinski definition) is 6. The Bertz CT molecular complexity index is 1460. The fourth-order valence-electron chi connectivity index (χ4n) is 3.96. The van der Waals surface area contributed by atoms with Gasteiger partial charge in [0.2, 0.25) is 0 Å². The first-order valence-corrected chi connectivity index (χ1v) is 10.9. The van der Waals surface area contributed by atoms with Crippen LogP contribution in [0, 0.1) is 10.1 Å². The van der Waals surface area contributed by atoms with Gasteiger partial charge in [-0.05, 0) is 54.4 Å². The molecular formula is C24H19ClN6O3. The molecule has 0 saturated heterocycles. The van der Waals surface area contributed by atoms with Crippen molar-refractivity contribution in [1.29, 1.82) is 0 Å². The van der Waals surface area contributed by atoms with Crippen molar-refractivity contribution in [3.8, 4) is 17.1 Å². The van der Waals surface area contributed by atoms with E-state index >= 15 is 0 Å². The number of aromatic nitrogens is 5. The van der Waals surface area contributed by atoms with Gasteiger partial charge in [0.15, 0.2) is 5.75 Å². The number of fused-ring (bicyclic) bond motifs is 1. The number of hydrogen-bond donors (Lipinski definition) is 0. The molecule has 0 saturated carbocycles. The molecular weight excluding hydrogens is 456 g/mol. The molecule has 1 unspecified atom stereocenters. The summed E-state index contributed by atoms with van der Waals surface area (Å²) in [5.41, 5.74) is 3.68. The predicted octanol–water partition coefficient (Wildman–Crippen LogP) is 5.18. The Morgan fingerprint density at radius 2 is 1.88 bits per heavy atom. The summed E-state index contributed by atoms with van der Waals surface area (Å²) >= 11 is 6.02. The largest absolute Gasteiger partial charge is 0.327 e. The van der Waals surface area contributed by atoms with Crippen molar-refractivity contribution < 1.29 is 9.92 Å². The molecule has 10 heteroatoms. The first-order valence-electron chi connectivity index (χ1n) is 10.5. The van der Waals surface area contributed by atoms with Crippen LogP contribution < -0.4 is 4.84 Å². The molecule has 170 valence electrons. The van der Waals surface area contributed by atoms with E-state index < -0.39 is 5.09 Å². The van der Waals surface area contributed by atoms with Gasteiger partial charge in [-0.2, -0.15) is 0 Å². The van der Waals surface area contributed by atoms with E-state index in [1.165, 1.54) is 0 Å². The maximum Gasteiger partial charge on any atom is 0.299 e. The molecule has 0 bridgehead atoms. The van der Waals surface area contributed by atoms with Crippen LogP contribution in [0.5, 0.6) is 5.75 Å². The summed E-state index contributed by atoms with van der Waals surface area (Å²) in [4.78, 5) is 20.5. The topological polar surface area (TPSA) is 101 Å². The second-order valence-electron chi connectivity index (χ2n) is 7.78. The van der Waals surface area contributed by atoms with Crippen LogP contribution in [0.1, 0.15) is 24.1 Å². The van der Waals surface area contributed by atoms with Gasteiger partial charge in [-0.15, -0.1) is 15.2 Å². The number of halogens is 1. The van der Waals surface area contributed by atoms with Gasteiger partial charge in [-0.3, -0.25) is 4.84 Å². The molecule has 0 aliphatic heterocycles. The van der Waals surface area contributed by atoms with Crippen molar-refractivity contribution in [2.45, 2.75) is 19.5 Å². The summed E-state index contributed by atoms with van der Waals surface area (Å²) in [6, 6.07) is 20.7. The fraction of sp³-hybridized carbons (Fsp3) is 0.125. The smallest absolute Gasteiger partial charge is 0.299 e. The van der Waals surface area contributed by atoms with Crippen LogP contribution in [0.2, 0.25) is 5.02 Å². The van der Waals surface area contributed by atoms with E-state index in [0.717, 1.165) is 22.5 Å². The molecule has 0 aliphatic rings. The average Bonchev–Trinajstić information content (AvgIpc) is 3.47. The van der Waals surface area contributed by atoms with E-state index in [2.05, 4.69) is 15.3 Å². The molecule has 0 radical (unpaired) electrons. The summed E-state index contributed by atoms with van der Waals surface area (Å²) in [5, 5.41) is 19.4. The minimum Gasteiger partial charge on any atom is -0.327 e. The molecule has 9 nitrogen and oxygen atoms in total. The first-order chi connectivity index (χ1) is 16.5. The Morgan fingerprint density at radius 3 is 2.62 bits per heavy atom. The Morgan fingerprint density at radius 1 is 1.12 bits per heavy atom. The summed E-state index contributed by atoms with van der Waals surface area (Å²) in [7, 11) is 0.